The number of hydrogen-bond donors (Lipinski definition) is 1. The maximum atomic E-state index is 12.5. The van der Waals surface area contributed by atoms with E-state index in [4.69, 9.17) is 0 Å². The number of aromatic nitrogens is 5. The van der Waals surface area contributed by atoms with Gasteiger partial charge in [-0.3, -0.25) is 9.48 Å². The molecule has 0 fully saturated rings. The molecular formula is C23H30N6O. The summed E-state index contributed by atoms with van der Waals surface area (Å²) in [6.07, 6.45) is 9.31. The van der Waals surface area contributed by atoms with Crippen molar-refractivity contribution in [2.24, 2.45) is 0 Å². The van der Waals surface area contributed by atoms with Gasteiger partial charge in [0.05, 0.1) is 17.9 Å². The highest BCUT2D eigenvalue weighted by atomic mass is 16.1. The fourth-order valence-corrected chi connectivity index (χ4v) is 4.05. The number of hydrogen-bond acceptors (Lipinski definition) is 4. The summed E-state index contributed by atoms with van der Waals surface area (Å²) in [5, 5.41) is 11.9. The minimum Gasteiger partial charge on any atom is -0.349 e. The van der Waals surface area contributed by atoms with Crippen LogP contribution in [0, 0.1) is 0 Å². The summed E-state index contributed by atoms with van der Waals surface area (Å²) in [5.41, 5.74) is 4.86. The quantitative estimate of drug-likeness (QED) is 0.676. The van der Waals surface area contributed by atoms with Crippen LogP contribution in [0.15, 0.2) is 43.1 Å². The third-order valence-electron chi connectivity index (χ3n) is 5.75. The first-order valence-electron chi connectivity index (χ1n) is 10.7. The van der Waals surface area contributed by atoms with Crippen LogP contribution in [0.1, 0.15) is 69.3 Å². The number of nitrogens with zero attached hydrogens (tertiary/aromatic N) is 5. The summed E-state index contributed by atoms with van der Waals surface area (Å²) in [5.74, 6) is 0.0789. The molecule has 4 rings (SSSR count). The van der Waals surface area contributed by atoms with E-state index in [9.17, 15) is 4.79 Å². The van der Waals surface area contributed by atoms with E-state index in [2.05, 4.69) is 65.5 Å². The molecule has 0 saturated heterocycles. The van der Waals surface area contributed by atoms with Crippen LogP contribution in [0.5, 0.6) is 0 Å². The molecule has 0 saturated carbocycles. The normalized spacial score (nSPS) is 16.3. The molecule has 1 unspecified atom stereocenters. The zero-order chi connectivity index (χ0) is 21.1. The maximum Gasteiger partial charge on any atom is 0.220 e. The zero-order valence-corrected chi connectivity index (χ0v) is 18.0. The molecule has 0 aliphatic heterocycles. The summed E-state index contributed by atoms with van der Waals surface area (Å²) < 4.78 is 3.78. The van der Waals surface area contributed by atoms with Crippen molar-refractivity contribution in [2.45, 2.75) is 70.9 Å². The van der Waals surface area contributed by atoms with Crippen LogP contribution in [0.2, 0.25) is 0 Å². The lowest BCUT2D eigenvalue weighted by Crippen LogP contribution is -2.31. The van der Waals surface area contributed by atoms with Crippen LogP contribution < -0.4 is 5.32 Å². The topological polar surface area (TPSA) is 77.6 Å². The number of nitrogens with one attached hydrogen (secondary N) is 1. The van der Waals surface area contributed by atoms with Gasteiger partial charge in [0.15, 0.2) is 0 Å². The molecule has 1 N–H and O–H groups in total. The second-order valence-electron chi connectivity index (χ2n) is 9.03. The lowest BCUT2D eigenvalue weighted by atomic mass is 9.87. The highest BCUT2D eigenvalue weighted by Crippen LogP contribution is 2.32. The molecular weight excluding hydrogens is 376 g/mol. The van der Waals surface area contributed by atoms with Gasteiger partial charge in [0, 0.05) is 24.2 Å². The lowest BCUT2D eigenvalue weighted by molar-refractivity contribution is -0.122. The van der Waals surface area contributed by atoms with Crippen molar-refractivity contribution in [3.8, 4) is 5.69 Å². The standard InChI is InChI=1S/C23H30N6O/c1-23(2,3)17-9-11-18(12-10-17)29-21-7-4-6-20(19(21)14-25-29)27-22(30)8-5-13-28-16-24-15-26-28/h9-12,14-16,20H,4-8,13H2,1-3H3,(H,27,30). The Balaban J connectivity index is 1.42. The Kier molecular flexibility index (Phi) is 5.70. The average Bonchev–Trinajstić information content (AvgIpc) is 3.38. The zero-order valence-electron chi connectivity index (χ0n) is 18.0. The van der Waals surface area contributed by atoms with Gasteiger partial charge in [0.1, 0.15) is 12.7 Å². The molecule has 3 aromatic rings. The van der Waals surface area contributed by atoms with Gasteiger partial charge in [0.25, 0.3) is 0 Å². The summed E-state index contributed by atoms with van der Waals surface area (Å²) in [6.45, 7) is 7.36. The smallest absolute Gasteiger partial charge is 0.220 e. The monoisotopic (exact) mass is 406 g/mol. The number of fused-ring (bicyclic) bond motifs is 1. The van der Waals surface area contributed by atoms with E-state index < -0.39 is 0 Å². The first kappa shape index (κ1) is 20.3. The van der Waals surface area contributed by atoms with E-state index >= 15 is 0 Å². The predicted octanol–water partition coefficient (Wildman–Crippen LogP) is 3.74. The van der Waals surface area contributed by atoms with E-state index in [-0.39, 0.29) is 17.4 Å². The number of aryl methyl sites for hydroxylation is 1. The number of carbonyl (C=O) groups excluding carboxylic acids is 1. The SMILES string of the molecule is CC(C)(C)c1ccc(-n2ncc3c2CCCC3NC(=O)CCCn2cncn2)cc1. The molecule has 158 valence electrons. The van der Waals surface area contributed by atoms with Gasteiger partial charge in [-0.1, -0.05) is 32.9 Å². The Morgan fingerprint density at radius 1 is 1.20 bits per heavy atom. The van der Waals surface area contributed by atoms with Gasteiger partial charge in [0.2, 0.25) is 5.91 Å². The fraction of sp³-hybridized carbons (Fsp3) is 0.478. The molecule has 1 atom stereocenters. The summed E-state index contributed by atoms with van der Waals surface area (Å²) in [4.78, 5) is 16.4. The van der Waals surface area contributed by atoms with Gasteiger partial charge >= 0.3 is 0 Å². The number of benzene rings is 1. The molecule has 7 heteroatoms. The van der Waals surface area contributed by atoms with Crippen molar-refractivity contribution in [3.05, 3.63) is 59.9 Å². The van der Waals surface area contributed by atoms with Crippen LogP contribution in [0.4, 0.5) is 0 Å². The predicted molar refractivity (Wildman–Crippen MR) is 115 cm³/mol. The first-order chi connectivity index (χ1) is 14.4. The molecule has 1 amide bonds. The summed E-state index contributed by atoms with van der Waals surface area (Å²) in [6, 6.07) is 8.68. The molecule has 1 aromatic carbocycles. The van der Waals surface area contributed by atoms with E-state index in [0.29, 0.717) is 13.0 Å². The number of rotatable bonds is 6. The van der Waals surface area contributed by atoms with Gasteiger partial charge < -0.3 is 5.32 Å². The highest BCUT2D eigenvalue weighted by Gasteiger charge is 2.26. The van der Waals surface area contributed by atoms with E-state index in [1.807, 2.05) is 10.9 Å². The van der Waals surface area contributed by atoms with E-state index in [0.717, 1.165) is 36.9 Å². The van der Waals surface area contributed by atoms with E-state index in [1.54, 1.807) is 11.0 Å². The molecule has 1 aliphatic carbocycles. The Bertz CT molecular complexity index is 982. The molecule has 2 aromatic heterocycles. The third kappa shape index (κ3) is 4.45. The maximum absolute atomic E-state index is 12.5. The molecule has 7 nitrogen and oxygen atoms in total. The van der Waals surface area contributed by atoms with Crippen LogP contribution in [0.25, 0.3) is 5.69 Å². The molecule has 1 aliphatic rings. The second-order valence-corrected chi connectivity index (χ2v) is 9.03. The van der Waals surface area contributed by atoms with Gasteiger partial charge in [-0.15, -0.1) is 0 Å². The average molecular weight is 407 g/mol. The number of amides is 1. The fourth-order valence-electron chi connectivity index (χ4n) is 4.05. The van der Waals surface area contributed by atoms with Crippen molar-refractivity contribution in [1.82, 2.24) is 29.9 Å². The van der Waals surface area contributed by atoms with E-state index in [1.165, 1.54) is 17.6 Å². The van der Waals surface area contributed by atoms with Crippen molar-refractivity contribution < 1.29 is 4.79 Å². The molecule has 0 spiro atoms. The minimum absolute atomic E-state index is 0.0372. The number of carbonyl (C=O) groups is 1. The largest absolute Gasteiger partial charge is 0.349 e. The second kappa shape index (κ2) is 8.42. The Morgan fingerprint density at radius 3 is 2.70 bits per heavy atom. The minimum atomic E-state index is 0.0372. The summed E-state index contributed by atoms with van der Waals surface area (Å²) >= 11 is 0. The van der Waals surface area contributed by atoms with Crippen LogP contribution in [0.3, 0.4) is 0 Å². The summed E-state index contributed by atoms with van der Waals surface area (Å²) in [7, 11) is 0. The molecule has 30 heavy (non-hydrogen) atoms. The Hall–Kier alpha value is -2.96. The molecule has 2 heterocycles. The Labute approximate surface area is 177 Å². The Morgan fingerprint density at radius 2 is 2.00 bits per heavy atom. The third-order valence-corrected chi connectivity index (χ3v) is 5.75. The van der Waals surface area contributed by atoms with Crippen LogP contribution in [-0.4, -0.2) is 30.5 Å². The lowest BCUT2D eigenvalue weighted by Gasteiger charge is -2.24. The van der Waals surface area contributed by atoms with Crippen molar-refractivity contribution in [1.29, 1.82) is 0 Å². The van der Waals surface area contributed by atoms with Gasteiger partial charge in [-0.25, -0.2) is 9.67 Å². The van der Waals surface area contributed by atoms with Crippen molar-refractivity contribution in [3.63, 3.8) is 0 Å². The van der Waals surface area contributed by atoms with Crippen molar-refractivity contribution in [2.75, 3.05) is 0 Å². The van der Waals surface area contributed by atoms with Gasteiger partial charge in [-0.05, 0) is 48.8 Å². The highest BCUT2D eigenvalue weighted by molar-refractivity contribution is 5.76. The van der Waals surface area contributed by atoms with Crippen LogP contribution in [-0.2, 0) is 23.2 Å². The molecule has 0 radical (unpaired) electrons. The molecule has 0 bridgehead atoms. The first-order valence-corrected chi connectivity index (χ1v) is 10.7. The van der Waals surface area contributed by atoms with Crippen LogP contribution >= 0.6 is 0 Å². The van der Waals surface area contributed by atoms with Crippen molar-refractivity contribution >= 4 is 5.91 Å². The van der Waals surface area contributed by atoms with Gasteiger partial charge in [-0.2, -0.15) is 10.2 Å².